The second-order valence-corrected chi connectivity index (χ2v) is 4.23. The molecule has 0 saturated carbocycles. The minimum atomic E-state index is 0.761. The van der Waals surface area contributed by atoms with Crippen LogP contribution in [-0.2, 0) is 6.54 Å². The maximum Gasteiger partial charge on any atom is 0.160 e. The Hall–Kier alpha value is -2.04. The van der Waals surface area contributed by atoms with E-state index in [-0.39, 0.29) is 0 Å². The number of rotatable bonds is 5. The van der Waals surface area contributed by atoms with Gasteiger partial charge in [0.05, 0.1) is 31.7 Å². The van der Waals surface area contributed by atoms with Gasteiger partial charge in [0.1, 0.15) is 0 Å². The Morgan fingerprint density at radius 1 is 1.33 bits per heavy atom. The lowest BCUT2D eigenvalue weighted by Crippen LogP contribution is -2.11. The number of methoxy groups -OCH3 is 1. The molecule has 5 nitrogen and oxygen atoms in total. The number of hydrogen-bond donors (Lipinski definition) is 1. The standard InChI is InChI=1S/C13H18N4O/c1-10-7-16-17(9-10)5-4-14-12-6-11(2)15-8-13(12)18-3/h6-9H,4-5H2,1-3H3,(H,14,15). The van der Waals surface area contributed by atoms with Crippen molar-refractivity contribution in [1.82, 2.24) is 14.8 Å². The molecule has 0 aliphatic rings. The van der Waals surface area contributed by atoms with Crippen molar-refractivity contribution in [1.29, 1.82) is 0 Å². The van der Waals surface area contributed by atoms with Crippen LogP contribution in [-0.4, -0.2) is 28.4 Å². The van der Waals surface area contributed by atoms with Gasteiger partial charge in [0.15, 0.2) is 5.75 Å². The number of hydrogen-bond acceptors (Lipinski definition) is 4. The van der Waals surface area contributed by atoms with Gasteiger partial charge in [0, 0.05) is 18.4 Å². The Morgan fingerprint density at radius 3 is 2.83 bits per heavy atom. The lowest BCUT2D eigenvalue weighted by molar-refractivity contribution is 0.414. The van der Waals surface area contributed by atoms with E-state index in [9.17, 15) is 0 Å². The minimum Gasteiger partial charge on any atom is -0.493 e. The maximum atomic E-state index is 5.26. The van der Waals surface area contributed by atoms with E-state index in [4.69, 9.17) is 4.74 Å². The molecule has 0 amide bonds. The summed E-state index contributed by atoms with van der Waals surface area (Å²) in [6.07, 6.45) is 5.61. The minimum absolute atomic E-state index is 0.761. The molecule has 2 aromatic rings. The molecule has 0 unspecified atom stereocenters. The highest BCUT2D eigenvalue weighted by molar-refractivity contribution is 5.55. The Morgan fingerprint density at radius 2 is 2.17 bits per heavy atom. The molecule has 1 N–H and O–H groups in total. The smallest absolute Gasteiger partial charge is 0.160 e. The van der Waals surface area contributed by atoms with Crippen molar-refractivity contribution in [2.45, 2.75) is 20.4 Å². The van der Waals surface area contributed by atoms with Gasteiger partial charge in [0.2, 0.25) is 0 Å². The van der Waals surface area contributed by atoms with Crippen LogP contribution >= 0.6 is 0 Å². The van der Waals surface area contributed by atoms with Crippen molar-refractivity contribution in [3.63, 3.8) is 0 Å². The highest BCUT2D eigenvalue weighted by atomic mass is 16.5. The van der Waals surface area contributed by atoms with Crippen LogP contribution in [0.4, 0.5) is 5.69 Å². The van der Waals surface area contributed by atoms with Crippen LogP contribution in [0.3, 0.4) is 0 Å². The van der Waals surface area contributed by atoms with Crippen LogP contribution in [0, 0.1) is 13.8 Å². The van der Waals surface area contributed by atoms with E-state index >= 15 is 0 Å². The molecule has 96 valence electrons. The van der Waals surface area contributed by atoms with Gasteiger partial charge in [-0.1, -0.05) is 0 Å². The predicted octanol–water partition coefficient (Wildman–Crippen LogP) is 2.02. The van der Waals surface area contributed by atoms with Gasteiger partial charge in [-0.3, -0.25) is 9.67 Å². The molecule has 0 aromatic carbocycles. The molecule has 0 spiro atoms. The third-order valence-corrected chi connectivity index (χ3v) is 2.64. The molecule has 5 heteroatoms. The lowest BCUT2D eigenvalue weighted by Gasteiger charge is -2.11. The third-order valence-electron chi connectivity index (χ3n) is 2.64. The van der Waals surface area contributed by atoms with Crippen LogP contribution in [0.2, 0.25) is 0 Å². The fourth-order valence-electron chi connectivity index (χ4n) is 1.74. The van der Waals surface area contributed by atoms with E-state index in [1.807, 2.05) is 37.0 Å². The number of anilines is 1. The summed E-state index contributed by atoms with van der Waals surface area (Å²) in [6.45, 7) is 5.60. The summed E-state index contributed by atoms with van der Waals surface area (Å²) in [6, 6.07) is 1.98. The van der Waals surface area contributed by atoms with Crippen LogP contribution in [0.15, 0.2) is 24.7 Å². The highest BCUT2D eigenvalue weighted by Crippen LogP contribution is 2.23. The van der Waals surface area contributed by atoms with Crippen LogP contribution in [0.25, 0.3) is 0 Å². The topological polar surface area (TPSA) is 52.0 Å². The third kappa shape index (κ3) is 3.00. The Balaban J connectivity index is 1.95. The van der Waals surface area contributed by atoms with Crippen molar-refractivity contribution in [3.05, 3.63) is 35.9 Å². The second kappa shape index (κ2) is 5.53. The van der Waals surface area contributed by atoms with Gasteiger partial charge in [-0.05, 0) is 25.5 Å². The number of ether oxygens (including phenoxy) is 1. The van der Waals surface area contributed by atoms with E-state index in [0.717, 1.165) is 30.2 Å². The van der Waals surface area contributed by atoms with Crippen molar-refractivity contribution in [3.8, 4) is 5.75 Å². The maximum absolute atomic E-state index is 5.26. The number of nitrogens with one attached hydrogen (secondary N) is 1. The fraction of sp³-hybridized carbons (Fsp3) is 0.385. The Labute approximate surface area is 107 Å². The van der Waals surface area contributed by atoms with Gasteiger partial charge in [-0.2, -0.15) is 5.10 Å². The molecule has 0 fully saturated rings. The average Bonchev–Trinajstić information content (AvgIpc) is 2.75. The highest BCUT2D eigenvalue weighted by Gasteiger charge is 2.03. The molecule has 0 saturated heterocycles. The van der Waals surface area contributed by atoms with Crippen LogP contribution < -0.4 is 10.1 Å². The normalized spacial score (nSPS) is 10.4. The first-order valence-corrected chi connectivity index (χ1v) is 5.92. The number of nitrogens with zero attached hydrogens (tertiary/aromatic N) is 3. The number of pyridine rings is 1. The molecule has 0 radical (unpaired) electrons. The van der Waals surface area contributed by atoms with E-state index in [1.165, 1.54) is 5.56 Å². The molecule has 2 aromatic heterocycles. The fourth-order valence-corrected chi connectivity index (χ4v) is 1.74. The Bertz CT molecular complexity index is 521. The van der Waals surface area contributed by atoms with Gasteiger partial charge in [0.25, 0.3) is 0 Å². The van der Waals surface area contributed by atoms with Crippen LogP contribution in [0.5, 0.6) is 5.75 Å². The summed E-state index contributed by atoms with van der Waals surface area (Å²) in [5.41, 5.74) is 3.11. The van der Waals surface area contributed by atoms with Crippen LogP contribution in [0.1, 0.15) is 11.3 Å². The molecule has 0 aliphatic carbocycles. The molecule has 2 heterocycles. The van der Waals surface area contributed by atoms with Gasteiger partial charge in [-0.15, -0.1) is 0 Å². The molecule has 2 rings (SSSR count). The first-order valence-electron chi connectivity index (χ1n) is 5.92. The first-order chi connectivity index (χ1) is 8.69. The quantitative estimate of drug-likeness (QED) is 0.877. The summed E-state index contributed by atoms with van der Waals surface area (Å²) in [5.74, 6) is 0.761. The molecule has 0 bridgehead atoms. The number of aryl methyl sites for hydroxylation is 2. The second-order valence-electron chi connectivity index (χ2n) is 4.23. The van der Waals surface area contributed by atoms with E-state index in [2.05, 4.69) is 15.4 Å². The largest absolute Gasteiger partial charge is 0.493 e. The van der Waals surface area contributed by atoms with Crippen molar-refractivity contribution >= 4 is 5.69 Å². The molecule has 18 heavy (non-hydrogen) atoms. The van der Waals surface area contributed by atoms with Crippen molar-refractivity contribution in [2.75, 3.05) is 19.0 Å². The zero-order chi connectivity index (χ0) is 13.0. The first kappa shape index (κ1) is 12.4. The molecule has 0 atom stereocenters. The summed E-state index contributed by atoms with van der Waals surface area (Å²) < 4.78 is 7.18. The molecular formula is C13H18N4O. The van der Waals surface area contributed by atoms with Gasteiger partial charge < -0.3 is 10.1 Å². The van der Waals surface area contributed by atoms with Crippen molar-refractivity contribution < 1.29 is 4.74 Å². The van der Waals surface area contributed by atoms with Gasteiger partial charge in [-0.25, -0.2) is 0 Å². The Kier molecular flexibility index (Phi) is 3.82. The van der Waals surface area contributed by atoms with Gasteiger partial charge >= 0.3 is 0 Å². The summed E-state index contributed by atoms with van der Waals surface area (Å²) in [5, 5.41) is 7.58. The van der Waals surface area contributed by atoms with Crippen molar-refractivity contribution in [2.24, 2.45) is 0 Å². The number of aromatic nitrogens is 3. The summed E-state index contributed by atoms with van der Waals surface area (Å²) in [4.78, 5) is 4.20. The zero-order valence-electron chi connectivity index (χ0n) is 11.0. The summed E-state index contributed by atoms with van der Waals surface area (Å²) in [7, 11) is 1.65. The lowest BCUT2D eigenvalue weighted by atomic mass is 10.3. The predicted molar refractivity (Wildman–Crippen MR) is 71.0 cm³/mol. The average molecular weight is 246 g/mol. The van der Waals surface area contributed by atoms with E-state index in [1.54, 1.807) is 13.3 Å². The SMILES string of the molecule is COc1cnc(C)cc1NCCn1cc(C)cn1. The summed E-state index contributed by atoms with van der Waals surface area (Å²) >= 11 is 0. The molecular weight excluding hydrogens is 228 g/mol. The molecule has 0 aliphatic heterocycles. The van der Waals surface area contributed by atoms with E-state index < -0.39 is 0 Å². The van der Waals surface area contributed by atoms with E-state index in [0.29, 0.717) is 0 Å². The monoisotopic (exact) mass is 246 g/mol. The zero-order valence-corrected chi connectivity index (χ0v) is 11.0.